The second kappa shape index (κ2) is 4.55. The Labute approximate surface area is 104 Å². The monoisotopic (exact) mass is 240 g/mol. The molecule has 0 saturated carbocycles. The van der Waals surface area contributed by atoms with Crippen molar-refractivity contribution in [3.8, 4) is 0 Å². The molecule has 1 aromatic carbocycles. The van der Waals surface area contributed by atoms with Crippen molar-refractivity contribution >= 4 is 27.9 Å². The van der Waals surface area contributed by atoms with Crippen molar-refractivity contribution < 1.29 is 0 Å². The molecule has 2 heterocycles. The van der Waals surface area contributed by atoms with Crippen LogP contribution >= 0.6 is 11.3 Å². The Hall–Kier alpha value is -1.87. The molecule has 0 spiro atoms. The number of pyridine rings is 1. The number of aromatic nitrogens is 1. The molecular formula is C14H12N2S. The zero-order chi connectivity index (χ0) is 11.5. The molecule has 2 aromatic heterocycles. The lowest BCUT2D eigenvalue weighted by atomic mass is 10.1. The standard InChI is InChI=1S/C14H12N2S/c1-2-6-13-11(4-1)7-8-15-14(13)16-10-12-5-3-9-17-12/h1-9H,10H2,(H,15,16). The summed E-state index contributed by atoms with van der Waals surface area (Å²) < 4.78 is 0. The van der Waals surface area contributed by atoms with E-state index in [2.05, 4.69) is 39.9 Å². The molecular weight excluding hydrogens is 228 g/mol. The lowest BCUT2D eigenvalue weighted by Gasteiger charge is -2.07. The third kappa shape index (κ3) is 2.15. The van der Waals surface area contributed by atoms with Gasteiger partial charge in [0.15, 0.2) is 0 Å². The van der Waals surface area contributed by atoms with Gasteiger partial charge in [-0.1, -0.05) is 30.3 Å². The van der Waals surface area contributed by atoms with Crippen molar-refractivity contribution in [3.05, 3.63) is 58.9 Å². The van der Waals surface area contributed by atoms with Crippen LogP contribution in [0.5, 0.6) is 0 Å². The van der Waals surface area contributed by atoms with Gasteiger partial charge in [-0.25, -0.2) is 4.98 Å². The Morgan fingerprint density at radius 2 is 2.00 bits per heavy atom. The molecule has 1 N–H and O–H groups in total. The molecule has 0 radical (unpaired) electrons. The molecule has 3 rings (SSSR count). The van der Waals surface area contributed by atoms with Gasteiger partial charge in [-0.15, -0.1) is 11.3 Å². The second-order valence-electron chi connectivity index (χ2n) is 3.81. The van der Waals surface area contributed by atoms with Crippen molar-refractivity contribution in [2.24, 2.45) is 0 Å². The maximum Gasteiger partial charge on any atom is 0.134 e. The van der Waals surface area contributed by atoms with Gasteiger partial charge in [-0.05, 0) is 22.9 Å². The maximum atomic E-state index is 4.40. The molecule has 3 aromatic rings. The van der Waals surface area contributed by atoms with Gasteiger partial charge in [0.05, 0.1) is 6.54 Å². The van der Waals surface area contributed by atoms with Crippen LogP contribution in [0.25, 0.3) is 10.8 Å². The molecule has 0 atom stereocenters. The smallest absolute Gasteiger partial charge is 0.134 e. The highest BCUT2D eigenvalue weighted by Crippen LogP contribution is 2.21. The third-order valence-electron chi connectivity index (χ3n) is 2.68. The predicted octanol–water partition coefficient (Wildman–Crippen LogP) is 3.91. The van der Waals surface area contributed by atoms with Crippen LogP contribution in [0.2, 0.25) is 0 Å². The first kappa shape index (κ1) is 10.3. The largest absolute Gasteiger partial charge is 0.365 e. The van der Waals surface area contributed by atoms with Gasteiger partial charge in [-0.3, -0.25) is 0 Å². The van der Waals surface area contributed by atoms with E-state index in [1.807, 2.05) is 24.4 Å². The van der Waals surface area contributed by atoms with Crippen LogP contribution < -0.4 is 5.32 Å². The Bertz CT molecular complexity index is 612. The summed E-state index contributed by atoms with van der Waals surface area (Å²) in [6.45, 7) is 0.832. The maximum absolute atomic E-state index is 4.40. The summed E-state index contributed by atoms with van der Waals surface area (Å²) in [5.74, 6) is 0.955. The van der Waals surface area contributed by atoms with E-state index in [1.54, 1.807) is 11.3 Å². The van der Waals surface area contributed by atoms with E-state index in [0.29, 0.717) is 0 Å². The Morgan fingerprint density at radius 1 is 1.06 bits per heavy atom. The first-order valence-electron chi connectivity index (χ1n) is 5.53. The number of nitrogens with one attached hydrogen (secondary N) is 1. The van der Waals surface area contributed by atoms with E-state index in [9.17, 15) is 0 Å². The lowest BCUT2D eigenvalue weighted by molar-refractivity contribution is 1.15. The van der Waals surface area contributed by atoms with Crippen LogP contribution in [0.1, 0.15) is 4.88 Å². The van der Waals surface area contributed by atoms with Crippen LogP contribution in [0.4, 0.5) is 5.82 Å². The molecule has 0 bridgehead atoms. The van der Waals surface area contributed by atoms with Gasteiger partial charge in [0.1, 0.15) is 5.82 Å². The van der Waals surface area contributed by atoms with Crippen LogP contribution in [-0.2, 0) is 6.54 Å². The van der Waals surface area contributed by atoms with Gasteiger partial charge >= 0.3 is 0 Å². The van der Waals surface area contributed by atoms with Crippen molar-refractivity contribution in [1.29, 1.82) is 0 Å². The summed E-state index contributed by atoms with van der Waals surface area (Å²) in [6, 6.07) is 14.5. The summed E-state index contributed by atoms with van der Waals surface area (Å²) in [4.78, 5) is 5.72. The van der Waals surface area contributed by atoms with Crippen LogP contribution in [-0.4, -0.2) is 4.98 Å². The minimum absolute atomic E-state index is 0.832. The number of hydrogen-bond donors (Lipinski definition) is 1. The zero-order valence-corrected chi connectivity index (χ0v) is 10.1. The van der Waals surface area contributed by atoms with Crippen molar-refractivity contribution in [2.75, 3.05) is 5.32 Å². The number of anilines is 1. The SMILES string of the molecule is c1csc(CNc2nccc3ccccc23)c1. The summed E-state index contributed by atoms with van der Waals surface area (Å²) in [5, 5.41) is 7.87. The zero-order valence-electron chi connectivity index (χ0n) is 9.26. The number of thiophene rings is 1. The number of nitrogens with zero attached hydrogens (tertiary/aromatic N) is 1. The topological polar surface area (TPSA) is 24.9 Å². The van der Waals surface area contributed by atoms with Gasteiger partial charge in [0, 0.05) is 16.5 Å². The van der Waals surface area contributed by atoms with E-state index in [4.69, 9.17) is 0 Å². The summed E-state index contributed by atoms with van der Waals surface area (Å²) in [6.07, 6.45) is 1.85. The van der Waals surface area contributed by atoms with E-state index in [0.717, 1.165) is 12.4 Å². The summed E-state index contributed by atoms with van der Waals surface area (Å²) in [5.41, 5.74) is 0. The van der Waals surface area contributed by atoms with Crippen molar-refractivity contribution in [3.63, 3.8) is 0 Å². The van der Waals surface area contributed by atoms with Gasteiger partial charge in [0.25, 0.3) is 0 Å². The van der Waals surface area contributed by atoms with Crippen molar-refractivity contribution in [1.82, 2.24) is 4.98 Å². The van der Waals surface area contributed by atoms with Crippen LogP contribution in [0.3, 0.4) is 0 Å². The fourth-order valence-corrected chi connectivity index (χ4v) is 2.49. The summed E-state index contributed by atoms with van der Waals surface area (Å²) >= 11 is 1.76. The molecule has 0 saturated heterocycles. The molecule has 3 heteroatoms. The molecule has 84 valence electrons. The first-order chi connectivity index (χ1) is 8.43. The highest BCUT2D eigenvalue weighted by atomic mass is 32.1. The highest BCUT2D eigenvalue weighted by molar-refractivity contribution is 7.09. The second-order valence-corrected chi connectivity index (χ2v) is 4.85. The van der Waals surface area contributed by atoms with E-state index < -0.39 is 0 Å². The predicted molar refractivity (Wildman–Crippen MR) is 73.4 cm³/mol. The van der Waals surface area contributed by atoms with E-state index in [1.165, 1.54) is 15.6 Å². The molecule has 0 unspecified atom stereocenters. The number of rotatable bonds is 3. The number of benzene rings is 1. The third-order valence-corrected chi connectivity index (χ3v) is 3.56. The highest BCUT2D eigenvalue weighted by Gasteiger charge is 2.01. The average Bonchev–Trinajstić information content (AvgIpc) is 2.89. The quantitative estimate of drug-likeness (QED) is 0.750. The van der Waals surface area contributed by atoms with Crippen LogP contribution in [0, 0.1) is 0 Å². The molecule has 0 aliphatic carbocycles. The minimum Gasteiger partial charge on any atom is -0.365 e. The molecule has 0 fully saturated rings. The van der Waals surface area contributed by atoms with Gasteiger partial charge < -0.3 is 5.32 Å². The van der Waals surface area contributed by atoms with Gasteiger partial charge in [-0.2, -0.15) is 0 Å². The number of fused-ring (bicyclic) bond motifs is 1. The normalized spacial score (nSPS) is 10.6. The lowest BCUT2D eigenvalue weighted by Crippen LogP contribution is -2.00. The summed E-state index contributed by atoms with van der Waals surface area (Å²) in [7, 11) is 0. The fraction of sp³-hybridized carbons (Fsp3) is 0.0714. The molecule has 0 aliphatic rings. The van der Waals surface area contributed by atoms with E-state index in [-0.39, 0.29) is 0 Å². The molecule has 0 amide bonds. The average molecular weight is 240 g/mol. The first-order valence-corrected chi connectivity index (χ1v) is 6.41. The van der Waals surface area contributed by atoms with Crippen molar-refractivity contribution in [2.45, 2.75) is 6.54 Å². The number of hydrogen-bond acceptors (Lipinski definition) is 3. The van der Waals surface area contributed by atoms with Gasteiger partial charge in [0.2, 0.25) is 0 Å². The fourth-order valence-electron chi connectivity index (χ4n) is 1.84. The minimum atomic E-state index is 0.832. The van der Waals surface area contributed by atoms with Crippen LogP contribution in [0.15, 0.2) is 54.0 Å². The van der Waals surface area contributed by atoms with E-state index >= 15 is 0 Å². The molecule has 0 aliphatic heterocycles. The Balaban J connectivity index is 1.90. The molecule has 2 nitrogen and oxygen atoms in total. The Morgan fingerprint density at radius 3 is 2.88 bits per heavy atom. The Kier molecular flexibility index (Phi) is 2.76. The molecule has 17 heavy (non-hydrogen) atoms.